The van der Waals surface area contributed by atoms with Crippen LogP contribution < -0.4 is 10.5 Å². The second-order valence-corrected chi connectivity index (χ2v) is 6.77. The summed E-state index contributed by atoms with van der Waals surface area (Å²) in [5, 5.41) is 9.96. The van der Waals surface area contributed by atoms with Crippen LogP contribution in [0.5, 0.6) is 0 Å². The second-order valence-electron chi connectivity index (χ2n) is 5.77. The fourth-order valence-electron chi connectivity index (χ4n) is 2.82. The van der Waals surface area contributed by atoms with Gasteiger partial charge in [-0.2, -0.15) is 5.26 Å². The van der Waals surface area contributed by atoms with Gasteiger partial charge in [-0.05, 0) is 24.3 Å². The lowest BCUT2D eigenvalue weighted by Crippen LogP contribution is -2.17. The smallest absolute Gasteiger partial charge is 0.275 e. The molecule has 0 aliphatic rings. The maximum absolute atomic E-state index is 13.0. The molecule has 6 nitrogen and oxygen atoms in total. The number of hydrogen-bond donors (Lipinski definition) is 0. The van der Waals surface area contributed by atoms with Gasteiger partial charge in [0.15, 0.2) is 0 Å². The van der Waals surface area contributed by atoms with Gasteiger partial charge in [0.2, 0.25) is 0 Å². The van der Waals surface area contributed by atoms with Gasteiger partial charge in [0.05, 0.1) is 33.9 Å². The van der Waals surface area contributed by atoms with Crippen molar-refractivity contribution in [2.24, 2.45) is 0 Å². The van der Waals surface area contributed by atoms with Crippen molar-refractivity contribution >= 4 is 37.5 Å². The first-order valence-electron chi connectivity index (χ1n) is 7.57. The van der Waals surface area contributed by atoms with Crippen LogP contribution in [0.2, 0.25) is 0 Å². The summed E-state index contributed by atoms with van der Waals surface area (Å²) in [5.41, 5.74) is 2.60. The van der Waals surface area contributed by atoms with Crippen molar-refractivity contribution < 1.29 is 0 Å². The lowest BCUT2D eigenvalue weighted by Gasteiger charge is -2.13. The molecule has 0 bridgehead atoms. The van der Waals surface area contributed by atoms with E-state index in [4.69, 9.17) is 5.26 Å². The standard InChI is InChI=1S/C18H13N5OS/c1-22(2)13-6-7-20-17-14(13)15-16(25-17)18(24)23(10-21-15)12-5-3-4-11(8-12)9-19/h3-8,10H,1-2H3. The normalized spacial score (nSPS) is 10.9. The van der Waals surface area contributed by atoms with Gasteiger partial charge in [-0.15, -0.1) is 11.3 Å². The van der Waals surface area contributed by atoms with E-state index in [0.717, 1.165) is 15.9 Å². The number of nitrogens with zero attached hydrogens (tertiary/aromatic N) is 5. The van der Waals surface area contributed by atoms with E-state index in [0.29, 0.717) is 21.5 Å². The minimum Gasteiger partial charge on any atom is -0.377 e. The Bertz CT molecular complexity index is 1220. The topological polar surface area (TPSA) is 74.8 Å². The lowest BCUT2D eigenvalue weighted by molar-refractivity contribution is 0.967. The zero-order valence-electron chi connectivity index (χ0n) is 13.6. The maximum Gasteiger partial charge on any atom is 0.275 e. The van der Waals surface area contributed by atoms with E-state index in [2.05, 4.69) is 16.0 Å². The number of anilines is 1. The van der Waals surface area contributed by atoms with Crippen LogP contribution in [0, 0.1) is 11.3 Å². The number of pyridine rings is 1. The predicted molar refractivity (Wildman–Crippen MR) is 99.6 cm³/mol. The van der Waals surface area contributed by atoms with Gasteiger partial charge in [-0.1, -0.05) is 6.07 Å². The average Bonchev–Trinajstić information content (AvgIpc) is 3.01. The van der Waals surface area contributed by atoms with E-state index in [-0.39, 0.29) is 5.56 Å². The molecular weight excluding hydrogens is 334 g/mol. The highest BCUT2D eigenvalue weighted by Gasteiger charge is 2.16. The van der Waals surface area contributed by atoms with Crippen LogP contribution in [0.3, 0.4) is 0 Å². The van der Waals surface area contributed by atoms with Gasteiger partial charge < -0.3 is 4.90 Å². The van der Waals surface area contributed by atoms with Crippen molar-refractivity contribution in [2.45, 2.75) is 0 Å². The SMILES string of the molecule is CN(C)c1ccnc2sc3c(=O)n(-c4cccc(C#N)c4)cnc3c12. The lowest BCUT2D eigenvalue weighted by atomic mass is 10.2. The molecule has 0 saturated heterocycles. The molecule has 0 atom stereocenters. The first kappa shape index (κ1) is 15.3. The molecule has 0 N–H and O–H groups in total. The molecule has 0 radical (unpaired) electrons. The van der Waals surface area contributed by atoms with Crippen LogP contribution >= 0.6 is 11.3 Å². The molecule has 0 spiro atoms. The van der Waals surface area contributed by atoms with Crippen LogP contribution in [-0.4, -0.2) is 28.6 Å². The van der Waals surface area contributed by atoms with Crippen LogP contribution in [0.25, 0.3) is 26.1 Å². The van der Waals surface area contributed by atoms with E-state index in [1.807, 2.05) is 25.1 Å². The zero-order valence-corrected chi connectivity index (χ0v) is 14.4. The molecule has 0 aliphatic heterocycles. The zero-order chi connectivity index (χ0) is 17.6. The van der Waals surface area contributed by atoms with Gasteiger partial charge in [0.1, 0.15) is 15.9 Å². The predicted octanol–water partition coefficient (Wildman–Crippen LogP) is 2.93. The van der Waals surface area contributed by atoms with Crippen LogP contribution in [0.1, 0.15) is 5.56 Å². The Morgan fingerprint density at radius 2 is 2.08 bits per heavy atom. The van der Waals surface area contributed by atoms with Crippen molar-refractivity contribution in [1.82, 2.24) is 14.5 Å². The molecule has 0 amide bonds. The van der Waals surface area contributed by atoms with Crippen molar-refractivity contribution in [3.05, 3.63) is 58.8 Å². The van der Waals surface area contributed by atoms with Gasteiger partial charge in [-0.3, -0.25) is 9.36 Å². The summed E-state index contributed by atoms with van der Waals surface area (Å²) in [6.07, 6.45) is 3.25. The van der Waals surface area contributed by atoms with Gasteiger partial charge >= 0.3 is 0 Å². The number of benzene rings is 1. The monoisotopic (exact) mass is 347 g/mol. The summed E-state index contributed by atoms with van der Waals surface area (Å²) in [7, 11) is 3.90. The molecule has 0 aliphatic carbocycles. The summed E-state index contributed by atoms with van der Waals surface area (Å²) < 4.78 is 2.02. The minimum absolute atomic E-state index is 0.159. The minimum atomic E-state index is -0.159. The number of nitriles is 1. The van der Waals surface area contributed by atoms with Gasteiger partial charge in [0, 0.05) is 20.3 Å². The number of hydrogen-bond acceptors (Lipinski definition) is 6. The fraction of sp³-hybridized carbons (Fsp3) is 0.111. The molecule has 122 valence electrons. The Kier molecular flexibility index (Phi) is 3.48. The number of rotatable bonds is 2. The molecule has 1 aromatic carbocycles. The Hall–Kier alpha value is -3.24. The molecule has 0 fully saturated rings. The second kappa shape index (κ2) is 5.69. The largest absolute Gasteiger partial charge is 0.377 e. The molecule has 4 aromatic rings. The van der Waals surface area contributed by atoms with E-state index in [9.17, 15) is 4.79 Å². The van der Waals surface area contributed by atoms with E-state index in [1.54, 1.807) is 30.5 Å². The number of fused-ring (bicyclic) bond motifs is 3. The molecule has 7 heteroatoms. The van der Waals surface area contributed by atoms with Crippen LogP contribution in [0.15, 0.2) is 47.7 Å². The third-order valence-electron chi connectivity index (χ3n) is 4.00. The van der Waals surface area contributed by atoms with Crippen molar-refractivity contribution in [3.8, 4) is 11.8 Å². The molecule has 25 heavy (non-hydrogen) atoms. The first-order valence-corrected chi connectivity index (χ1v) is 8.38. The Morgan fingerprint density at radius 3 is 2.84 bits per heavy atom. The summed E-state index contributed by atoms with van der Waals surface area (Å²) in [4.78, 5) is 24.7. The van der Waals surface area contributed by atoms with E-state index < -0.39 is 0 Å². The molecular formula is C18H13N5OS. The molecule has 0 unspecified atom stereocenters. The number of thiophene rings is 1. The van der Waals surface area contributed by atoms with Crippen molar-refractivity contribution in [1.29, 1.82) is 5.26 Å². The number of aromatic nitrogens is 3. The fourth-order valence-corrected chi connectivity index (χ4v) is 3.87. The Labute approximate surface area is 147 Å². The summed E-state index contributed by atoms with van der Waals surface area (Å²) in [6.45, 7) is 0. The third-order valence-corrected chi connectivity index (χ3v) is 5.07. The highest BCUT2D eigenvalue weighted by atomic mass is 32.1. The first-order chi connectivity index (χ1) is 12.1. The van der Waals surface area contributed by atoms with Gasteiger partial charge in [0.25, 0.3) is 5.56 Å². The van der Waals surface area contributed by atoms with Crippen LogP contribution in [0.4, 0.5) is 5.69 Å². The van der Waals surface area contributed by atoms with E-state index in [1.165, 1.54) is 22.2 Å². The third kappa shape index (κ3) is 2.35. The molecule has 4 rings (SSSR count). The summed E-state index contributed by atoms with van der Waals surface area (Å²) >= 11 is 1.34. The highest BCUT2D eigenvalue weighted by Crippen LogP contribution is 2.35. The van der Waals surface area contributed by atoms with Gasteiger partial charge in [-0.25, -0.2) is 9.97 Å². The summed E-state index contributed by atoms with van der Waals surface area (Å²) in [5.74, 6) is 0. The molecule has 3 heterocycles. The van der Waals surface area contributed by atoms with Crippen molar-refractivity contribution in [2.75, 3.05) is 19.0 Å². The molecule has 3 aromatic heterocycles. The summed E-state index contributed by atoms with van der Waals surface area (Å²) in [6, 6.07) is 10.9. The van der Waals surface area contributed by atoms with E-state index >= 15 is 0 Å². The van der Waals surface area contributed by atoms with Crippen molar-refractivity contribution in [3.63, 3.8) is 0 Å². The molecule has 0 saturated carbocycles. The van der Waals surface area contributed by atoms with Crippen LogP contribution in [-0.2, 0) is 0 Å². The maximum atomic E-state index is 13.0. The average molecular weight is 347 g/mol. The highest BCUT2D eigenvalue weighted by molar-refractivity contribution is 7.25. The quantitative estimate of drug-likeness (QED) is 0.557. The Morgan fingerprint density at radius 1 is 1.24 bits per heavy atom. The Balaban J connectivity index is 2.04.